The average Bonchev–Trinajstić information content (AvgIpc) is 3.20. The van der Waals surface area contributed by atoms with Crippen molar-refractivity contribution in [1.29, 1.82) is 0 Å². The molecule has 1 saturated carbocycles. The lowest BCUT2D eigenvalue weighted by Crippen LogP contribution is -2.47. The van der Waals surface area contributed by atoms with E-state index in [0.717, 1.165) is 12.8 Å². The molecule has 1 aromatic carbocycles. The maximum atomic E-state index is 11.7. The molecular formula is C11H12N4O3S. The molecule has 1 aliphatic rings. The molecule has 3 N–H and O–H groups in total. The summed E-state index contributed by atoms with van der Waals surface area (Å²) in [6.45, 7) is 0. The first-order chi connectivity index (χ1) is 9.06. The topological polar surface area (TPSA) is 96.3 Å². The van der Waals surface area contributed by atoms with Crippen LogP contribution in [-0.4, -0.2) is 22.0 Å². The second kappa shape index (κ2) is 5.61. The molecule has 0 radical (unpaired) electrons. The van der Waals surface area contributed by atoms with E-state index in [0.29, 0.717) is 16.7 Å². The van der Waals surface area contributed by atoms with Crippen LogP contribution < -0.4 is 16.2 Å². The molecule has 0 bridgehead atoms. The van der Waals surface area contributed by atoms with Gasteiger partial charge in [0.05, 0.1) is 4.92 Å². The van der Waals surface area contributed by atoms with Crippen molar-refractivity contribution in [2.24, 2.45) is 0 Å². The van der Waals surface area contributed by atoms with Gasteiger partial charge in [-0.1, -0.05) is 0 Å². The van der Waals surface area contributed by atoms with E-state index in [4.69, 9.17) is 12.2 Å². The number of hydrogen-bond donors (Lipinski definition) is 3. The molecule has 7 nitrogen and oxygen atoms in total. The predicted molar refractivity (Wildman–Crippen MR) is 72.5 cm³/mol. The summed E-state index contributed by atoms with van der Waals surface area (Å²) < 4.78 is 0. The number of carbonyl (C=O) groups is 1. The maximum absolute atomic E-state index is 11.7. The van der Waals surface area contributed by atoms with E-state index in [9.17, 15) is 14.9 Å². The van der Waals surface area contributed by atoms with Crippen LogP contribution in [0.5, 0.6) is 0 Å². The van der Waals surface area contributed by atoms with Crippen molar-refractivity contribution in [3.8, 4) is 0 Å². The first-order valence-corrected chi connectivity index (χ1v) is 6.08. The highest BCUT2D eigenvalue weighted by Gasteiger charge is 2.21. The summed E-state index contributed by atoms with van der Waals surface area (Å²) in [5.41, 5.74) is 5.25. The Morgan fingerprint density at radius 1 is 1.26 bits per heavy atom. The van der Waals surface area contributed by atoms with Crippen molar-refractivity contribution in [1.82, 2.24) is 16.2 Å². The zero-order valence-electron chi connectivity index (χ0n) is 9.88. The molecule has 0 aromatic heterocycles. The molecule has 19 heavy (non-hydrogen) atoms. The predicted octanol–water partition coefficient (Wildman–Crippen LogP) is 0.866. The maximum Gasteiger partial charge on any atom is 0.269 e. The highest BCUT2D eigenvalue weighted by Crippen LogP contribution is 2.18. The number of nitro benzene ring substituents is 1. The summed E-state index contributed by atoms with van der Waals surface area (Å²) >= 11 is 4.97. The molecular weight excluding hydrogens is 268 g/mol. The molecule has 100 valence electrons. The Labute approximate surface area is 114 Å². The minimum absolute atomic E-state index is 0.0598. The first kappa shape index (κ1) is 13.2. The molecule has 0 spiro atoms. The van der Waals surface area contributed by atoms with E-state index in [2.05, 4.69) is 16.2 Å². The molecule has 1 aromatic rings. The molecule has 0 heterocycles. The van der Waals surface area contributed by atoms with E-state index >= 15 is 0 Å². The number of nitrogens with zero attached hydrogens (tertiary/aromatic N) is 1. The Hall–Kier alpha value is -2.22. The third kappa shape index (κ3) is 3.88. The highest BCUT2D eigenvalue weighted by atomic mass is 32.1. The fourth-order valence-electron chi connectivity index (χ4n) is 1.37. The second-order valence-corrected chi connectivity index (χ2v) is 4.54. The van der Waals surface area contributed by atoms with Crippen LogP contribution in [0.15, 0.2) is 24.3 Å². The number of amides is 1. The second-order valence-electron chi connectivity index (χ2n) is 4.13. The Kier molecular flexibility index (Phi) is 3.91. The van der Waals surface area contributed by atoms with Crippen LogP contribution in [0.1, 0.15) is 23.2 Å². The average molecular weight is 280 g/mol. The van der Waals surface area contributed by atoms with Crippen LogP contribution in [0.4, 0.5) is 5.69 Å². The highest BCUT2D eigenvalue weighted by molar-refractivity contribution is 7.80. The number of carbonyl (C=O) groups excluding carboxylic acids is 1. The SMILES string of the molecule is O=C(NNC(=S)NC1CC1)c1ccc([N+](=O)[O-])cc1. The van der Waals surface area contributed by atoms with E-state index in [1.807, 2.05) is 0 Å². The third-order valence-electron chi connectivity index (χ3n) is 2.54. The van der Waals surface area contributed by atoms with Crippen LogP contribution in [0.3, 0.4) is 0 Å². The van der Waals surface area contributed by atoms with Gasteiger partial charge in [-0.25, -0.2) is 0 Å². The summed E-state index contributed by atoms with van der Waals surface area (Å²) in [6.07, 6.45) is 2.16. The van der Waals surface area contributed by atoms with Crippen molar-refractivity contribution in [2.75, 3.05) is 0 Å². The molecule has 1 aliphatic carbocycles. The molecule has 0 unspecified atom stereocenters. The minimum atomic E-state index is -0.519. The molecule has 2 rings (SSSR count). The quantitative estimate of drug-likeness (QED) is 0.432. The van der Waals surface area contributed by atoms with E-state index in [1.165, 1.54) is 24.3 Å². The van der Waals surface area contributed by atoms with Gasteiger partial charge in [-0.05, 0) is 37.2 Å². The Balaban J connectivity index is 1.84. The van der Waals surface area contributed by atoms with Gasteiger partial charge in [0.1, 0.15) is 0 Å². The number of benzene rings is 1. The smallest absolute Gasteiger partial charge is 0.269 e. The third-order valence-corrected chi connectivity index (χ3v) is 2.76. The van der Waals surface area contributed by atoms with Crippen molar-refractivity contribution < 1.29 is 9.72 Å². The van der Waals surface area contributed by atoms with Gasteiger partial charge in [0.15, 0.2) is 5.11 Å². The summed E-state index contributed by atoms with van der Waals surface area (Å²) in [5.74, 6) is -0.408. The summed E-state index contributed by atoms with van der Waals surface area (Å²) in [7, 11) is 0. The van der Waals surface area contributed by atoms with Crippen molar-refractivity contribution in [3.63, 3.8) is 0 Å². The standard InChI is InChI=1S/C11H12N4O3S/c16-10(13-14-11(19)12-8-3-4-8)7-1-5-9(6-2-7)15(17)18/h1-2,5-6,8H,3-4H2,(H,13,16)(H2,12,14,19). The van der Waals surface area contributed by atoms with Crippen molar-refractivity contribution in [2.45, 2.75) is 18.9 Å². The minimum Gasteiger partial charge on any atom is -0.359 e. The van der Waals surface area contributed by atoms with Crippen LogP contribution >= 0.6 is 12.2 Å². The zero-order valence-corrected chi connectivity index (χ0v) is 10.7. The van der Waals surface area contributed by atoms with Gasteiger partial charge in [0.2, 0.25) is 0 Å². The van der Waals surface area contributed by atoms with Crippen molar-refractivity contribution in [3.05, 3.63) is 39.9 Å². The number of non-ortho nitro benzene ring substituents is 1. The number of thiocarbonyl (C=S) groups is 1. The van der Waals surface area contributed by atoms with E-state index < -0.39 is 10.8 Å². The summed E-state index contributed by atoms with van der Waals surface area (Å²) in [4.78, 5) is 21.7. The number of nitrogens with one attached hydrogen (secondary N) is 3. The van der Waals surface area contributed by atoms with Crippen LogP contribution in [0, 0.1) is 10.1 Å². The normalized spacial score (nSPS) is 13.5. The molecule has 1 amide bonds. The van der Waals surface area contributed by atoms with E-state index in [-0.39, 0.29) is 5.69 Å². The van der Waals surface area contributed by atoms with Crippen LogP contribution in [0.25, 0.3) is 0 Å². The Morgan fingerprint density at radius 2 is 1.89 bits per heavy atom. The van der Waals surface area contributed by atoms with Crippen molar-refractivity contribution >= 4 is 28.9 Å². The number of hydrazine groups is 1. The molecule has 0 atom stereocenters. The van der Waals surface area contributed by atoms with Gasteiger partial charge in [-0.15, -0.1) is 0 Å². The summed E-state index contributed by atoms with van der Waals surface area (Å²) in [5, 5.41) is 13.8. The fourth-order valence-corrected chi connectivity index (χ4v) is 1.59. The fraction of sp³-hybridized carbons (Fsp3) is 0.273. The van der Waals surface area contributed by atoms with Gasteiger partial charge < -0.3 is 5.32 Å². The lowest BCUT2D eigenvalue weighted by molar-refractivity contribution is -0.384. The first-order valence-electron chi connectivity index (χ1n) is 5.67. The van der Waals surface area contributed by atoms with Gasteiger partial charge in [-0.2, -0.15) is 0 Å². The summed E-state index contributed by atoms with van der Waals surface area (Å²) in [6, 6.07) is 5.71. The van der Waals surface area contributed by atoms with Crippen LogP contribution in [-0.2, 0) is 0 Å². The van der Waals surface area contributed by atoms with Gasteiger partial charge >= 0.3 is 0 Å². The molecule has 1 fully saturated rings. The lowest BCUT2D eigenvalue weighted by Gasteiger charge is -2.10. The zero-order chi connectivity index (χ0) is 13.8. The Morgan fingerprint density at radius 3 is 2.42 bits per heavy atom. The molecule has 8 heteroatoms. The van der Waals surface area contributed by atoms with Gasteiger partial charge in [0.25, 0.3) is 11.6 Å². The molecule has 0 aliphatic heterocycles. The number of hydrogen-bond acceptors (Lipinski definition) is 4. The van der Waals surface area contributed by atoms with Gasteiger partial charge in [-0.3, -0.25) is 25.8 Å². The Bertz CT molecular complexity index is 513. The lowest BCUT2D eigenvalue weighted by atomic mass is 10.2. The molecule has 0 saturated heterocycles. The largest absolute Gasteiger partial charge is 0.359 e. The number of nitro groups is 1. The van der Waals surface area contributed by atoms with E-state index in [1.54, 1.807) is 0 Å². The number of rotatable bonds is 3. The van der Waals surface area contributed by atoms with Crippen LogP contribution in [0.2, 0.25) is 0 Å². The monoisotopic (exact) mass is 280 g/mol. The van der Waals surface area contributed by atoms with Gasteiger partial charge in [0, 0.05) is 23.7 Å².